The van der Waals surface area contributed by atoms with Crippen LogP contribution in [0.3, 0.4) is 0 Å². The van der Waals surface area contributed by atoms with Crippen LogP contribution in [0, 0.1) is 0 Å². The van der Waals surface area contributed by atoms with E-state index in [1.807, 2.05) is 12.4 Å². The van der Waals surface area contributed by atoms with Crippen LogP contribution in [0.5, 0.6) is 0 Å². The predicted molar refractivity (Wildman–Crippen MR) is 76.2 cm³/mol. The van der Waals surface area contributed by atoms with E-state index in [0.29, 0.717) is 0 Å². The second-order valence-electron chi connectivity index (χ2n) is 5.40. The number of nitrogens with zero attached hydrogens (tertiary/aromatic N) is 4. The van der Waals surface area contributed by atoms with Crippen LogP contribution in [0.2, 0.25) is 0 Å². The maximum absolute atomic E-state index is 4.70. The van der Waals surface area contributed by atoms with Gasteiger partial charge in [-0.2, -0.15) is 0 Å². The van der Waals surface area contributed by atoms with Crippen molar-refractivity contribution in [2.24, 2.45) is 0 Å². The van der Waals surface area contributed by atoms with Crippen LogP contribution in [-0.4, -0.2) is 53.6 Å². The molecule has 19 heavy (non-hydrogen) atoms. The van der Waals surface area contributed by atoms with Gasteiger partial charge in [0.2, 0.25) is 0 Å². The highest BCUT2D eigenvalue weighted by Gasteiger charge is 2.31. The van der Waals surface area contributed by atoms with E-state index in [1.165, 1.54) is 25.9 Å². The second kappa shape index (κ2) is 5.84. The van der Waals surface area contributed by atoms with Crippen molar-refractivity contribution in [3.63, 3.8) is 0 Å². The summed E-state index contributed by atoms with van der Waals surface area (Å²) in [4.78, 5) is 14.0. The zero-order valence-corrected chi connectivity index (χ0v) is 11.7. The van der Waals surface area contributed by atoms with E-state index >= 15 is 0 Å². The molecule has 1 N–H and O–H groups in total. The van der Waals surface area contributed by atoms with Crippen LogP contribution in [0.4, 0.5) is 5.82 Å². The lowest BCUT2D eigenvalue weighted by molar-refractivity contribution is 0.247. The molecule has 104 valence electrons. The average Bonchev–Trinajstić information content (AvgIpc) is 3.30. The van der Waals surface area contributed by atoms with Crippen molar-refractivity contribution in [1.29, 1.82) is 0 Å². The van der Waals surface area contributed by atoms with E-state index in [2.05, 4.69) is 27.0 Å². The predicted octanol–water partition coefficient (Wildman–Crippen LogP) is 0.870. The molecule has 5 heteroatoms. The Morgan fingerprint density at radius 3 is 2.68 bits per heavy atom. The number of hydrogen-bond donors (Lipinski definition) is 1. The topological polar surface area (TPSA) is 44.3 Å². The highest BCUT2D eigenvalue weighted by molar-refractivity contribution is 5.37. The van der Waals surface area contributed by atoms with Gasteiger partial charge in [-0.25, -0.2) is 4.98 Å². The molecule has 0 spiro atoms. The largest absolute Gasteiger partial charge is 0.353 e. The Morgan fingerprint density at radius 1 is 1.21 bits per heavy atom. The molecule has 2 fully saturated rings. The first-order valence-electron chi connectivity index (χ1n) is 7.37. The summed E-state index contributed by atoms with van der Waals surface area (Å²) in [5.74, 6) is 1.03. The molecule has 2 heterocycles. The van der Waals surface area contributed by atoms with E-state index < -0.39 is 0 Å². The first kappa shape index (κ1) is 12.8. The van der Waals surface area contributed by atoms with Crippen molar-refractivity contribution in [2.75, 3.05) is 37.6 Å². The molecule has 1 aromatic rings. The van der Waals surface area contributed by atoms with Crippen molar-refractivity contribution >= 4 is 5.82 Å². The lowest BCUT2D eigenvalue weighted by atomic mass is 10.3. The fourth-order valence-electron chi connectivity index (χ4n) is 2.64. The third kappa shape index (κ3) is 3.22. The molecule has 0 amide bonds. The molecular weight excluding hydrogens is 238 g/mol. The lowest BCUT2D eigenvalue weighted by Gasteiger charge is -2.35. The molecular formula is C14H23N5. The first-order chi connectivity index (χ1) is 9.36. The lowest BCUT2D eigenvalue weighted by Crippen LogP contribution is -2.47. The minimum Gasteiger partial charge on any atom is -0.353 e. The number of aromatic nitrogens is 2. The summed E-state index contributed by atoms with van der Waals surface area (Å²) in [5.41, 5.74) is 1.03. The second-order valence-corrected chi connectivity index (χ2v) is 5.40. The normalized spacial score (nSPS) is 20.8. The van der Waals surface area contributed by atoms with Gasteiger partial charge in [0.25, 0.3) is 0 Å². The maximum Gasteiger partial charge on any atom is 0.147 e. The van der Waals surface area contributed by atoms with Crippen LogP contribution in [-0.2, 0) is 6.54 Å². The summed E-state index contributed by atoms with van der Waals surface area (Å²) in [6.45, 7) is 8.37. The minimum absolute atomic E-state index is 0.805. The van der Waals surface area contributed by atoms with Crippen molar-refractivity contribution in [3.8, 4) is 0 Å². The molecule has 2 aliphatic rings. The molecule has 1 aliphatic carbocycles. The van der Waals surface area contributed by atoms with E-state index in [0.717, 1.165) is 43.7 Å². The van der Waals surface area contributed by atoms with E-state index in [-0.39, 0.29) is 0 Å². The van der Waals surface area contributed by atoms with Crippen LogP contribution >= 0.6 is 0 Å². The zero-order chi connectivity index (χ0) is 13.1. The summed E-state index contributed by atoms with van der Waals surface area (Å²) < 4.78 is 0. The molecule has 1 aromatic heterocycles. The van der Waals surface area contributed by atoms with Gasteiger partial charge in [0.1, 0.15) is 5.82 Å². The van der Waals surface area contributed by atoms with Crippen LogP contribution < -0.4 is 10.2 Å². The molecule has 0 atom stereocenters. The molecule has 1 saturated carbocycles. The number of piperazine rings is 1. The van der Waals surface area contributed by atoms with Gasteiger partial charge in [-0.1, -0.05) is 6.92 Å². The Labute approximate surface area is 115 Å². The molecule has 0 unspecified atom stereocenters. The minimum atomic E-state index is 0.805. The third-order valence-corrected chi connectivity index (χ3v) is 3.93. The summed E-state index contributed by atoms with van der Waals surface area (Å²) in [7, 11) is 0. The maximum atomic E-state index is 4.70. The number of nitrogens with one attached hydrogen (secondary N) is 1. The molecule has 0 radical (unpaired) electrons. The van der Waals surface area contributed by atoms with Crippen molar-refractivity contribution in [3.05, 3.63) is 18.1 Å². The highest BCUT2D eigenvalue weighted by Crippen LogP contribution is 2.28. The van der Waals surface area contributed by atoms with Gasteiger partial charge in [-0.05, 0) is 19.4 Å². The average molecular weight is 261 g/mol. The highest BCUT2D eigenvalue weighted by atomic mass is 15.3. The SMILES string of the molecule is CCNCc1cncc(N2CCN(C3CC3)CC2)n1. The Bertz CT molecular complexity index is 410. The van der Waals surface area contributed by atoms with Crippen LogP contribution in [0.25, 0.3) is 0 Å². The third-order valence-electron chi connectivity index (χ3n) is 3.93. The summed E-state index contributed by atoms with van der Waals surface area (Å²) in [5, 5.41) is 3.30. The smallest absolute Gasteiger partial charge is 0.147 e. The molecule has 0 bridgehead atoms. The van der Waals surface area contributed by atoms with Gasteiger partial charge in [-0.3, -0.25) is 9.88 Å². The quantitative estimate of drug-likeness (QED) is 0.852. The van der Waals surface area contributed by atoms with Crippen molar-refractivity contribution in [2.45, 2.75) is 32.4 Å². The van der Waals surface area contributed by atoms with Gasteiger partial charge < -0.3 is 10.2 Å². The first-order valence-corrected chi connectivity index (χ1v) is 7.37. The van der Waals surface area contributed by atoms with Gasteiger partial charge in [-0.15, -0.1) is 0 Å². The number of anilines is 1. The Kier molecular flexibility index (Phi) is 3.94. The number of rotatable bonds is 5. The van der Waals surface area contributed by atoms with Gasteiger partial charge >= 0.3 is 0 Å². The molecule has 5 nitrogen and oxygen atoms in total. The fraction of sp³-hybridized carbons (Fsp3) is 0.714. The van der Waals surface area contributed by atoms with Gasteiger partial charge in [0.05, 0.1) is 11.9 Å². The van der Waals surface area contributed by atoms with E-state index in [4.69, 9.17) is 4.98 Å². The van der Waals surface area contributed by atoms with Crippen LogP contribution in [0.15, 0.2) is 12.4 Å². The summed E-state index contributed by atoms with van der Waals surface area (Å²) in [6.07, 6.45) is 6.55. The Morgan fingerprint density at radius 2 is 2.00 bits per heavy atom. The van der Waals surface area contributed by atoms with E-state index in [1.54, 1.807) is 0 Å². The molecule has 3 rings (SSSR count). The standard InChI is InChI=1S/C14H23N5/c1-2-15-9-12-10-16-11-14(17-12)19-7-5-18(6-8-19)13-3-4-13/h10-11,13,15H,2-9H2,1H3. The van der Waals surface area contributed by atoms with E-state index in [9.17, 15) is 0 Å². The fourth-order valence-corrected chi connectivity index (χ4v) is 2.64. The zero-order valence-electron chi connectivity index (χ0n) is 11.7. The monoisotopic (exact) mass is 261 g/mol. The van der Waals surface area contributed by atoms with Gasteiger partial charge in [0, 0.05) is 45.0 Å². The van der Waals surface area contributed by atoms with Gasteiger partial charge in [0.15, 0.2) is 0 Å². The van der Waals surface area contributed by atoms with Crippen molar-refractivity contribution < 1.29 is 0 Å². The van der Waals surface area contributed by atoms with Crippen LogP contribution in [0.1, 0.15) is 25.5 Å². The Hall–Kier alpha value is -1.20. The van der Waals surface area contributed by atoms with Crippen molar-refractivity contribution in [1.82, 2.24) is 20.2 Å². The Balaban J connectivity index is 1.59. The summed E-state index contributed by atoms with van der Waals surface area (Å²) in [6, 6.07) is 0.883. The molecule has 1 aliphatic heterocycles. The summed E-state index contributed by atoms with van der Waals surface area (Å²) >= 11 is 0. The number of hydrogen-bond acceptors (Lipinski definition) is 5. The molecule has 0 aromatic carbocycles. The molecule has 1 saturated heterocycles.